The molecule has 4 aliphatic carbocycles. The minimum atomic E-state index is -1.70. The van der Waals surface area contributed by atoms with E-state index in [0.717, 1.165) is 24.2 Å². The van der Waals surface area contributed by atoms with Crippen LogP contribution in [0.25, 0.3) is 0 Å². The molecule has 0 radical (unpaired) electrons. The van der Waals surface area contributed by atoms with Gasteiger partial charge < -0.3 is 13.3 Å². The lowest BCUT2D eigenvalue weighted by atomic mass is 9.47. The van der Waals surface area contributed by atoms with Crippen LogP contribution in [-0.2, 0) is 13.3 Å². The first-order valence-electron chi connectivity index (χ1n) is 14.2. The zero-order valence-corrected chi connectivity index (χ0v) is 27.2. The van der Waals surface area contributed by atoms with Crippen LogP contribution in [0.5, 0.6) is 0 Å². The van der Waals surface area contributed by atoms with Crippen molar-refractivity contribution in [3.63, 3.8) is 0 Å². The van der Waals surface area contributed by atoms with Gasteiger partial charge in [-0.3, -0.25) is 0 Å². The average Bonchev–Trinajstić information content (AvgIpc) is 2.96. The molecule has 0 aromatic heterocycles. The van der Waals surface area contributed by atoms with E-state index in [1.807, 2.05) is 0 Å². The Kier molecular flexibility index (Phi) is 7.18. The number of hydrogen-bond acceptors (Lipinski definition) is 3. The Labute approximate surface area is 214 Å². The molecule has 8 unspecified atom stereocenters. The third-order valence-electron chi connectivity index (χ3n) is 9.51. The highest BCUT2D eigenvalue weighted by molar-refractivity contribution is 6.70. The monoisotopic (exact) mass is 522 g/mol. The number of hydrogen-bond donors (Lipinski definition) is 0. The number of fused-ring (bicyclic) bond motifs is 5. The second kappa shape index (κ2) is 8.94. The van der Waals surface area contributed by atoms with Crippen LogP contribution in [0, 0.1) is 28.6 Å². The SMILES string of the molecule is CC12CCC(O[Si](C)(C)C)C(O[Si](C)(C)C)C1=CCC1C2CCC2(C)C(O[Si](C)(C)C)CCC12. The molecule has 196 valence electrons. The molecule has 0 amide bonds. The molecule has 0 spiro atoms. The number of allylic oxidation sites excluding steroid dienone is 1. The first kappa shape index (κ1) is 27.3. The van der Waals surface area contributed by atoms with Crippen molar-refractivity contribution in [1.82, 2.24) is 0 Å². The van der Waals surface area contributed by atoms with Gasteiger partial charge in [-0.05, 0) is 138 Å². The second-order valence-electron chi connectivity index (χ2n) is 15.5. The van der Waals surface area contributed by atoms with E-state index in [0.29, 0.717) is 11.5 Å². The molecule has 6 heteroatoms. The summed E-state index contributed by atoms with van der Waals surface area (Å²) >= 11 is 0. The Bertz CT molecular complexity index is 792. The van der Waals surface area contributed by atoms with Gasteiger partial charge in [0.25, 0.3) is 0 Å². The van der Waals surface area contributed by atoms with Gasteiger partial charge in [0.15, 0.2) is 25.0 Å². The van der Waals surface area contributed by atoms with Crippen molar-refractivity contribution in [2.24, 2.45) is 28.6 Å². The summed E-state index contributed by atoms with van der Waals surface area (Å²) in [6, 6.07) is 0. The third kappa shape index (κ3) is 5.29. The van der Waals surface area contributed by atoms with Gasteiger partial charge in [0.05, 0.1) is 18.3 Å². The first-order valence-corrected chi connectivity index (χ1v) is 24.4. The van der Waals surface area contributed by atoms with Crippen LogP contribution in [0.1, 0.15) is 58.8 Å². The highest BCUT2D eigenvalue weighted by Crippen LogP contribution is 2.65. The molecule has 3 saturated carbocycles. The lowest BCUT2D eigenvalue weighted by Crippen LogP contribution is -2.57. The van der Waals surface area contributed by atoms with E-state index in [9.17, 15) is 0 Å². The lowest BCUT2D eigenvalue weighted by molar-refractivity contribution is -0.0805. The molecule has 34 heavy (non-hydrogen) atoms. The Morgan fingerprint density at radius 1 is 0.706 bits per heavy atom. The van der Waals surface area contributed by atoms with Gasteiger partial charge in [0.1, 0.15) is 0 Å². The van der Waals surface area contributed by atoms with Gasteiger partial charge >= 0.3 is 0 Å². The molecular formula is C28H54O3Si3. The largest absolute Gasteiger partial charge is 0.414 e. The van der Waals surface area contributed by atoms with Crippen molar-refractivity contribution in [2.75, 3.05) is 0 Å². The highest BCUT2D eigenvalue weighted by atomic mass is 28.4. The first-order chi connectivity index (χ1) is 15.4. The fraction of sp³-hybridized carbons (Fsp3) is 0.929. The maximum Gasteiger partial charge on any atom is 0.184 e. The van der Waals surface area contributed by atoms with Gasteiger partial charge in [-0.2, -0.15) is 0 Å². The molecule has 8 atom stereocenters. The van der Waals surface area contributed by atoms with E-state index in [-0.39, 0.29) is 17.6 Å². The fourth-order valence-corrected chi connectivity index (χ4v) is 11.8. The summed E-state index contributed by atoms with van der Waals surface area (Å²) in [6.45, 7) is 26.3. The Morgan fingerprint density at radius 3 is 1.91 bits per heavy atom. The van der Waals surface area contributed by atoms with Crippen LogP contribution in [0.3, 0.4) is 0 Å². The summed E-state index contributed by atoms with van der Waals surface area (Å²) in [7, 11) is -4.86. The van der Waals surface area contributed by atoms with E-state index in [1.165, 1.54) is 38.5 Å². The summed E-state index contributed by atoms with van der Waals surface area (Å²) in [6.07, 6.45) is 12.5. The molecule has 3 fully saturated rings. The van der Waals surface area contributed by atoms with Crippen molar-refractivity contribution in [3.8, 4) is 0 Å². The second-order valence-corrected chi connectivity index (χ2v) is 28.9. The van der Waals surface area contributed by atoms with E-state index < -0.39 is 25.0 Å². The van der Waals surface area contributed by atoms with E-state index in [2.05, 4.69) is 78.8 Å². The molecule has 0 N–H and O–H groups in total. The molecule has 0 aromatic carbocycles. The molecule has 4 aliphatic rings. The maximum atomic E-state index is 6.98. The Morgan fingerprint density at radius 2 is 1.32 bits per heavy atom. The molecule has 0 aliphatic heterocycles. The minimum Gasteiger partial charge on any atom is -0.414 e. The molecular weight excluding hydrogens is 469 g/mol. The summed E-state index contributed by atoms with van der Waals surface area (Å²) in [4.78, 5) is 0. The summed E-state index contributed by atoms with van der Waals surface area (Å²) in [5, 5.41) is 0. The standard InChI is InChI=1S/C28H54O3Si3/c1-27-19-17-24(29-32(3,4)5)26(31-34(9,10)11)23(27)13-12-20-21-14-15-25(30-33(6,7)8)28(21,2)18-16-22(20)27/h13,20-22,24-26H,12,14-19H2,1-11H3. The summed E-state index contributed by atoms with van der Waals surface area (Å²) in [5.74, 6) is 2.41. The number of rotatable bonds is 6. The van der Waals surface area contributed by atoms with E-state index in [4.69, 9.17) is 13.3 Å². The highest BCUT2D eigenvalue weighted by Gasteiger charge is 2.61. The lowest BCUT2D eigenvalue weighted by Gasteiger charge is -2.60. The maximum absolute atomic E-state index is 6.98. The van der Waals surface area contributed by atoms with Crippen LogP contribution in [-0.4, -0.2) is 43.3 Å². The van der Waals surface area contributed by atoms with Crippen molar-refractivity contribution in [3.05, 3.63) is 11.6 Å². The predicted octanol–water partition coefficient (Wildman–Crippen LogP) is 8.22. The van der Waals surface area contributed by atoms with Crippen LogP contribution >= 0.6 is 0 Å². The molecule has 0 bridgehead atoms. The van der Waals surface area contributed by atoms with Crippen LogP contribution in [0.15, 0.2) is 11.6 Å². The Hall–Kier alpha value is 0.271. The minimum absolute atomic E-state index is 0.165. The molecule has 3 nitrogen and oxygen atoms in total. The predicted molar refractivity (Wildman–Crippen MR) is 152 cm³/mol. The van der Waals surface area contributed by atoms with Crippen molar-refractivity contribution < 1.29 is 13.3 Å². The van der Waals surface area contributed by atoms with E-state index in [1.54, 1.807) is 5.57 Å². The van der Waals surface area contributed by atoms with Crippen molar-refractivity contribution >= 4 is 25.0 Å². The fourth-order valence-electron chi connectivity index (χ4n) is 8.35. The molecule has 4 rings (SSSR count). The molecule has 0 saturated heterocycles. The molecule has 0 heterocycles. The normalized spacial score (nSPS) is 43.1. The third-order valence-corrected chi connectivity index (χ3v) is 12.5. The zero-order chi connectivity index (χ0) is 25.3. The smallest absolute Gasteiger partial charge is 0.184 e. The van der Waals surface area contributed by atoms with E-state index >= 15 is 0 Å². The van der Waals surface area contributed by atoms with Gasteiger partial charge in [-0.1, -0.05) is 19.9 Å². The van der Waals surface area contributed by atoms with Crippen molar-refractivity contribution in [2.45, 2.75) is 136 Å². The molecule has 0 aromatic rings. The van der Waals surface area contributed by atoms with Crippen molar-refractivity contribution in [1.29, 1.82) is 0 Å². The van der Waals surface area contributed by atoms with Gasteiger partial charge in [0.2, 0.25) is 0 Å². The summed E-state index contributed by atoms with van der Waals surface area (Å²) < 4.78 is 20.6. The Balaban J connectivity index is 1.63. The average molecular weight is 523 g/mol. The van der Waals surface area contributed by atoms with Gasteiger partial charge in [0, 0.05) is 0 Å². The quantitative estimate of drug-likeness (QED) is 0.260. The van der Waals surface area contributed by atoms with Gasteiger partial charge in [-0.25, -0.2) is 0 Å². The summed E-state index contributed by atoms with van der Waals surface area (Å²) in [5.41, 5.74) is 2.25. The van der Waals surface area contributed by atoms with Crippen LogP contribution < -0.4 is 0 Å². The topological polar surface area (TPSA) is 27.7 Å². The zero-order valence-electron chi connectivity index (χ0n) is 24.2. The van der Waals surface area contributed by atoms with Crippen LogP contribution in [0.4, 0.5) is 0 Å². The van der Waals surface area contributed by atoms with Crippen LogP contribution in [0.2, 0.25) is 58.9 Å². The van der Waals surface area contributed by atoms with Gasteiger partial charge in [-0.15, -0.1) is 0 Å².